The maximum atomic E-state index is 11.5. The fourth-order valence-corrected chi connectivity index (χ4v) is 3.72. The Hall–Kier alpha value is -2.79. The summed E-state index contributed by atoms with van der Waals surface area (Å²) in [6.07, 6.45) is 2.41. The van der Waals surface area contributed by atoms with Crippen LogP contribution in [-0.2, 0) is 13.0 Å². The Morgan fingerprint density at radius 1 is 1.14 bits per heavy atom. The summed E-state index contributed by atoms with van der Waals surface area (Å²) in [4.78, 5) is 16.1. The molecule has 0 unspecified atom stereocenters. The fraction of sp³-hybridized carbons (Fsp3) is 0.375. The van der Waals surface area contributed by atoms with E-state index < -0.39 is 0 Å². The van der Waals surface area contributed by atoms with Crippen molar-refractivity contribution in [3.8, 4) is 11.5 Å². The maximum absolute atomic E-state index is 11.5. The van der Waals surface area contributed by atoms with Gasteiger partial charge in [0.05, 0.1) is 6.61 Å². The molecule has 0 aliphatic carbocycles. The number of Topliss-reactive ketones (excluding diaryl/α,β-unsaturated/α-hetero) is 1. The SMILES string of the molecule is C=CCc1cc(OCC)cc(CN2CCN(c3ccc(C(C)=O)cc3)CC2)c1O. The molecule has 1 heterocycles. The van der Waals surface area contributed by atoms with Crippen LogP contribution in [0.1, 0.15) is 35.3 Å². The van der Waals surface area contributed by atoms with Gasteiger partial charge in [-0.05, 0) is 56.7 Å². The monoisotopic (exact) mass is 394 g/mol. The number of hydrogen-bond donors (Lipinski definition) is 1. The number of carbonyl (C=O) groups excluding carboxylic acids is 1. The van der Waals surface area contributed by atoms with Crippen LogP contribution in [0, 0.1) is 0 Å². The fourth-order valence-electron chi connectivity index (χ4n) is 3.72. The molecule has 1 N–H and O–H groups in total. The molecule has 1 saturated heterocycles. The van der Waals surface area contributed by atoms with E-state index in [1.54, 1.807) is 13.0 Å². The van der Waals surface area contributed by atoms with Gasteiger partial charge in [-0.1, -0.05) is 6.08 Å². The van der Waals surface area contributed by atoms with Gasteiger partial charge in [0.15, 0.2) is 5.78 Å². The first-order valence-corrected chi connectivity index (χ1v) is 10.2. The minimum Gasteiger partial charge on any atom is -0.507 e. The van der Waals surface area contributed by atoms with Crippen molar-refractivity contribution in [3.05, 3.63) is 65.7 Å². The van der Waals surface area contributed by atoms with Crippen LogP contribution in [0.2, 0.25) is 0 Å². The van der Waals surface area contributed by atoms with Crippen molar-refractivity contribution < 1.29 is 14.6 Å². The lowest BCUT2D eigenvalue weighted by atomic mass is 10.0. The van der Waals surface area contributed by atoms with Crippen molar-refractivity contribution in [3.63, 3.8) is 0 Å². The highest BCUT2D eigenvalue weighted by atomic mass is 16.5. The normalized spacial score (nSPS) is 14.6. The summed E-state index contributed by atoms with van der Waals surface area (Å²) in [6.45, 7) is 12.2. The summed E-state index contributed by atoms with van der Waals surface area (Å²) in [5.41, 5.74) is 3.63. The number of ether oxygens (including phenoxy) is 1. The first kappa shape index (κ1) is 20.9. The van der Waals surface area contributed by atoms with Crippen molar-refractivity contribution >= 4 is 11.5 Å². The van der Waals surface area contributed by atoms with Gasteiger partial charge in [0.2, 0.25) is 0 Å². The lowest BCUT2D eigenvalue weighted by molar-refractivity contribution is 0.101. The van der Waals surface area contributed by atoms with E-state index in [9.17, 15) is 9.90 Å². The zero-order chi connectivity index (χ0) is 20.8. The number of rotatable bonds is 8. The summed E-state index contributed by atoms with van der Waals surface area (Å²) >= 11 is 0. The van der Waals surface area contributed by atoms with Crippen LogP contribution in [0.15, 0.2) is 49.1 Å². The Morgan fingerprint density at radius 3 is 2.38 bits per heavy atom. The minimum absolute atomic E-state index is 0.0892. The molecule has 1 aliphatic rings. The van der Waals surface area contributed by atoms with Crippen molar-refractivity contribution in [2.24, 2.45) is 0 Å². The molecule has 0 amide bonds. The van der Waals surface area contributed by atoms with Crippen LogP contribution < -0.4 is 9.64 Å². The molecule has 1 aliphatic heterocycles. The maximum Gasteiger partial charge on any atom is 0.159 e. The largest absolute Gasteiger partial charge is 0.507 e. The number of allylic oxidation sites excluding steroid dienone is 1. The molecule has 154 valence electrons. The summed E-state index contributed by atoms with van der Waals surface area (Å²) in [6, 6.07) is 11.7. The van der Waals surface area contributed by atoms with Crippen molar-refractivity contribution in [2.45, 2.75) is 26.8 Å². The third-order valence-corrected chi connectivity index (χ3v) is 5.32. The molecule has 0 saturated carbocycles. The smallest absolute Gasteiger partial charge is 0.159 e. The van der Waals surface area contributed by atoms with Crippen molar-refractivity contribution in [1.29, 1.82) is 0 Å². The molecule has 5 nitrogen and oxygen atoms in total. The number of benzene rings is 2. The van der Waals surface area contributed by atoms with Gasteiger partial charge in [-0.25, -0.2) is 0 Å². The number of ketones is 1. The van der Waals surface area contributed by atoms with Crippen LogP contribution >= 0.6 is 0 Å². The Balaban J connectivity index is 1.65. The van der Waals surface area contributed by atoms with Crippen molar-refractivity contribution in [1.82, 2.24) is 4.90 Å². The highest BCUT2D eigenvalue weighted by Gasteiger charge is 2.20. The van der Waals surface area contributed by atoms with Crippen LogP contribution in [0.4, 0.5) is 5.69 Å². The summed E-state index contributed by atoms with van der Waals surface area (Å²) in [5.74, 6) is 1.23. The molecule has 0 aromatic heterocycles. The second kappa shape index (κ2) is 9.61. The zero-order valence-corrected chi connectivity index (χ0v) is 17.4. The molecule has 0 atom stereocenters. The van der Waals surface area contributed by atoms with Gasteiger partial charge < -0.3 is 14.7 Å². The zero-order valence-electron chi connectivity index (χ0n) is 17.4. The number of nitrogens with zero attached hydrogens (tertiary/aromatic N) is 2. The van der Waals surface area contributed by atoms with Gasteiger partial charge in [-0.15, -0.1) is 6.58 Å². The molecular formula is C24H30N2O3. The molecule has 0 spiro atoms. The van der Waals surface area contributed by atoms with E-state index in [2.05, 4.69) is 16.4 Å². The predicted molar refractivity (Wildman–Crippen MR) is 117 cm³/mol. The number of aromatic hydroxyl groups is 1. The Kier molecular flexibility index (Phi) is 6.94. The number of phenols is 1. The molecule has 0 bridgehead atoms. The Labute approximate surface area is 173 Å². The van der Waals surface area contributed by atoms with Gasteiger partial charge in [0.1, 0.15) is 11.5 Å². The van der Waals surface area contributed by atoms with Gasteiger partial charge in [-0.3, -0.25) is 9.69 Å². The quantitative estimate of drug-likeness (QED) is 0.541. The Morgan fingerprint density at radius 2 is 1.79 bits per heavy atom. The van der Waals surface area contributed by atoms with E-state index in [4.69, 9.17) is 4.74 Å². The van der Waals surface area contributed by atoms with E-state index in [0.717, 1.165) is 54.3 Å². The standard InChI is InChI=1S/C24H30N2O3/c1-4-6-20-15-23(29-5-2)16-21(24(20)28)17-25-11-13-26(14-12-25)22-9-7-19(8-10-22)18(3)27/h4,7-10,15-16,28H,1,5-6,11-14,17H2,2-3H3. The highest BCUT2D eigenvalue weighted by molar-refractivity contribution is 5.94. The van der Waals surface area contributed by atoms with E-state index in [1.807, 2.05) is 43.3 Å². The van der Waals surface area contributed by atoms with E-state index in [-0.39, 0.29) is 5.78 Å². The van der Waals surface area contributed by atoms with E-state index >= 15 is 0 Å². The summed E-state index contributed by atoms with van der Waals surface area (Å²) < 4.78 is 5.68. The van der Waals surface area contributed by atoms with Gasteiger partial charge >= 0.3 is 0 Å². The number of piperazine rings is 1. The molecule has 0 radical (unpaired) electrons. The van der Waals surface area contributed by atoms with Gasteiger partial charge in [-0.2, -0.15) is 0 Å². The van der Waals surface area contributed by atoms with Crippen LogP contribution in [0.5, 0.6) is 11.5 Å². The van der Waals surface area contributed by atoms with Crippen LogP contribution in [0.3, 0.4) is 0 Å². The number of phenolic OH excluding ortho intramolecular Hbond substituents is 1. The molecule has 5 heteroatoms. The van der Waals surface area contributed by atoms with Crippen LogP contribution in [-0.4, -0.2) is 48.6 Å². The third kappa shape index (κ3) is 5.18. The summed E-state index contributed by atoms with van der Waals surface area (Å²) in [7, 11) is 0. The lowest BCUT2D eigenvalue weighted by Gasteiger charge is -2.36. The first-order valence-electron chi connectivity index (χ1n) is 10.2. The predicted octanol–water partition coefficient (Wildman–Crippen LogP) is 4.04. The number of hydrogen-bond acceptors (Lipinski definition) is 5. The average Bonchev–Trinajstić information content (AvgIpc) is 2.72. The Bertz CT molecular complexity index is 853. The molecular weight excluding hydrogens is 364 g/mol. The molecule has 29 heavy (non-hydrogen) atoms. The molecule has 2 aromatic carbocycles. The van der Waals surface area contributed by atoms with E-state index in [1.165, 1.54) is 0 Å². The van der Waals surface area contributed by atoms with E-state index in [0.29, 0.717) is 25.3 Å². The minimum atomic E-state index is 0.0892. The number of anilines is 1. The lowest BCUT2D eigenvalue weighted by Crippen LogP contribution is -2.46. The summed E-state index contributed by atoms with van der Waals surface area (Å²) in [5, 5.41) is 10.7. The molecule has 1 fully saturated rings. The first-order chi connectivity index (χ1) is 14.0. The van der Waals surface area contributed by atoms with Crippen LogP contribution in [0.25, 0.3) is 0 Å². The van der Waals surface area contributed by atoms with Gasteiger partial charge in [0.25, 0.3) is 0 Å². The second-order valence-electron chi connectivity index (χ2n) is 7.38. The van der Waals surface area contributed by atoms with Crippen molar-refractivity contribution in [2.75, 3.05) is 37.7 Å². The highest BCUT2D eigenvalue weighted by Crippen LogP contribution is 2.31. The second-order valence-corrected chi connectivity index (χ2v) is 7.38. The molecule has 3 rings (SSSR count). The molecule has 2 aromatic rings. The number of carbonyl (C=O) groups is 1. The topological polar surface area (TPSA) is 53.0 Å². The third-order valence-electron chi connectivity index (χ3n) is 5.32. The van der Waals surface area contributed by atoms with Gasteiger partial charge in [0, 0.05) is 55.1 Å². The average molecular weight is 395 g/mol.